The summed E-state index contributed by atoms with van der Waals surface area (Å²) in [6.45, 7) is 2.93. The summed E-state index contributed by atoms with van der Waals surface area (Å²) in [7, 11) is 0. The molecule has 0 unspecified atom stereocenters. The van der Waals surface area contributed by atoms with Gasteiger partial charge >= 0.3 is 6.16 Å². The molecule has 9 heteroatoms. The van der Waals surface area contributed by atoms with Crippen molar-refractivity contribution in [1.29, 1.82) is 0 Å². The Hall–Kier alpha value is -1.99. The molecule has 1 heterocycles. The number of carbonyl (C=O) groups is 3. The maximum Gasteiger partial charge on any atom is 0.513 e. The van der Waals surface area contributed by atoms with Gasteiger partial charge in [-0.05, 0) is 44.0 Å². The summed E-state index contributed by atoms with van der Waals surface area (Å²) in [6.07, 6.45) is 0.469. The lowest BCUT2D eigenvalue weighted by molar-refractivity contribution is -0.120. The molecule has 2 amide bonds. The Morgan fingerprint density at radius 1 is 1.19 bits per heavy atom. The Bertz CT molecular complexity index is 643. The van der Waals surface area contributed by atoms with Crippen LogP contribution in [-0.4, -0.2) is 53.4 Å². The third kappa shape index (κ3) is 5.78. The highest BCUT2D eigenvalue weighted by Gasteiger charge is 2.25. The van der Waals surface area contributed by atoms with E-state index < -0.39 is 16.9 Å². The molecule has 0 saturated carbocycles. The van der Waals surface area contributed by atoms with Crippen molar-refractivity contribution in [2.75, 3.05) is 19.7 Å². The molecule has 1 saturated heterocycles. The van der Waals surface area contributed by atoms with E-state index in [1.54, 1.807) is 24.0 Å². The van der Waals surface area contributed by atoms with Crippen LogP contribution < -0.4 is 10.1 Å². The zero-order chi connectivity index (χ0) is 19.1. The van der Waals surface area contributed by atoms with Crippen LogP contribution in [0.2, 0.25) is 0 Å². The molecule has 2 rings (SSSR count). The Morgan fingerprint density at radius 2 is 1.81 bits per heavy atom. The molecule has 0 bridgehead atoms. The smallest absolute Gasteiger partial charge is 0.434 e. The number of piperidine rings is 1. The molecular formula is C17H20Cl2N2O5. The van der Waals surface area contributed by atoms with Crippen molar-refractivity contribution in [3.63, 3.8) is 0 Å². The summed E-state index contributed by atoms with van der Waals surface area (Å²) in [5, 5.41) is 2.75. The highest BCUT2D eigenvalue weighted by atomic mass is 35.5. The van der Waals surface area contributed by atoms with Crippen LogP contribution in [-0.2, 0) is 9.53 Å². The predicted octanol–water partition coefficient (Wildman–Crippen LogP) is 2.75. The number of ether oxygens (including phenoxy) is 2. The molecule has 1 aromatic rings. The minimum absolute atomic E-state index is 0.0492. The fraction of sp³-hybridized carbons (Fsp3) is 0.471. The minimum Gasteiger partial charge on any atom is -0.434 e. The lowest BCUT2D eigenvalue weighted by atomic mass is 10.0. The Labute approximate surface area is 161 Å². The molecule has 1 N–H and O–H groups in total. The number of benzene rings is 1. The second kappa shape index (κ2) is 9.64. The highest BCUT2D eigenvalue weighted by Crippen LogP contribution is 2.18. The lowest BCUT2D eigenvalue weighted by Gasteiger charge is -2.32. The fourth-order valence-corrected chi connectivity index (χ4v) is 2.71. The molecule has 1 fully saturated rings. The number of nitrogens with one attached hydrogen (secondary N) is 1. The molecule has 1 aliphatic heterocycles. The molecule has 0 aromatic heterocycles. The molecule has 142 valence electrons. The van der Waals surface area contributed by atoms with Gasteiger partial charge in [0, 0.05) is 24.7 Å². The third-order valence-electron chi connectivity index (χ3n) is 3.89. The molecule has 26 heavy (non-hydrogen) atoms. The minimum atomic E-state index is -1.09. The summed E-state index contributed by atoms with van der Waals surface area (Å²) in [5.74, 6) is -0.238. The molecular weight excluding hydrogens is 383 g/mol. The number of rotatable bonds is 5. The Morgan fingerprint density at radius 3 is 2.35 bits per heavy atom. The van der Waals surface area contributed by atoms with Crippen LogP contribution in [0.3, 0.4) is 0 Å². The SMILES string of the molecule is CCOC(=O)Oc1ccc(C(=O)N2CCC(NC(=O)C(Cl)Cl)CC2)cc1. The zero-order valence-electron chi connectivity index (χ0n) is 14.2. The normalized spacial score (nSPS) is 14.8. The van der Waals surface area contributed by atoms with Crippen molar-refractivity contribution in [2.45, 2.75) is 30.6 Å². The van der Waals surface area contributed by atoms with E-state index >= 15 is 0 Å². The first-order valence-electron chi connectivity index (χ1n) is 8.23. The van der Waals surface area contributed by atoms with Gasteiger partial charge in [-0.25, -0.2) is 4.79 Å². The first kappa shape index (κ1) is 20.3. The van der Waals surface area contributed by atoms with E-state index in [9.17, 15) is 14.4 Å². The average molecular weight is 403 g/mol. The summed E-state index contributed by atoms with van der Waals surface area (Å²) in [4.78, 5) is 35.9. The standard InChI is InChI=1S/C17H20Cl2N2O5/c1-2-25-17(24)26-13-5-3-11(4-6-13)16(23)21-9-7-12(8-10-21)20-15(22)14(18)19/h3-6,12,14H,2,7-10H2,1H3,(H,20,22). The monoisotopic (exact) mass is 402 g/mol. The maximum atomic E-state index is 12.5. The topological polar surface area (TPSA) is 84.9 Å². The van der Waals surface area contributed by atoms with Gasteiger partial charge in [-0.3, -0.25) is 9.59 Å². The van der Waals surface area contributed by atoms with Gasteiger partial charge in [-0.1, -0.05) is 23.2 Å². The first-order chi connectivity index (χ1) is 12.4. The van der Waals surface area contributed by atoms with Crippen molar-refractivity contribution < 1.29 is 23.9 Å². The van der Waals surface area contributed by atoms with Gasteiger partial charge in [0.25, 0.3) is 11.8 Å². The third-order valence-corrected chi connectivity index (χ3v) is 4.29. The summed E-state index contributed by atoms with van der Waals surface area (Å²) in [6, 6.07) is 6.22. The van der Waals surface area contributed by atoms with Crippen molar-refractivity contribution in [2.24, 2.45) is 0 Å². The van der Waals surface area contributed by atoms with E-state index in [1.807, 2.05) is 0 Å². The van der Waals surface area contributed by atoms with E-state index in [0.29, 0.717) is 37.2 Å². The molecule has 7 nitrogen and oxygen atoms in total. The molecule has 1 aromatic carbocycles. The number of amides is 2. The van der Waals surface area contributed by atoms with Gasteiger partial charge < -0.3 is 19.7 Å². The number of hydrogen-bond acceptors (Lipinski definition) is 5. The fourth-order valence-electron chi connectivity index (χ4n) is 2.58. The van der Waals surface area contributed by atoms with Crippen molar-refractivity contribution in [3.8, 4) is 5.75 Å². The van der Waals surface area contributed by atoms with Crippen LogP contribution in [0.5, 0.6) is 5.75 Å². The van der Waals surface area contributed by atoms with Crippen molar-refractivity contribution in [3.05, 3.63) is 29.8 Å². The highest BCUT2D eigenvalue weighted by molar-refractivity contribution is 6.53. The van der Waals surface area contributed by atoms with Crippen molar-refractivity contribution in [1.82, 2.24) is 10.2 Å². The maximum absolute atomic E-state index is 12.5. The van der Waals surface area contributed by atoms with Crippen LogP contribution in [0, 0.1) is 0 Å². The van der Waals surface area contributed by atoms with Crippen LogP contribution in [0.25, 0.3) is 0 Å². The number of carbonyl (C=O) groups excluding carboxylic acids is 3. The van der Waals surface area contributed by atoms with Crippen LogP contribution in [0.15, 0.2) is 24.3 Å². The van der Waals surface area contributed by atoms with E-state index in [0.717, 1.165) is 0 Å². The number of nitrogens with zero attached hydrogens (tertiary/aromatic N) is 1. The van der Waals surface area contributed by atoms with Crippen LogP contribution in [0.1, 0.15) is 30.1 Å². The quantitative estimate of drug-likeness (QED) is 0.464. The van der Waals surface area contributed by atoms with Gasteiger partial charge in [-0.2, -0.15) is 0 Å². The van der Waals surface area contributed by atoms with Gasteiger partial charge in [0.1, 0.15) is 5.75 Å². The largest absolute Gasteiger partial charge is 0.513 e. The Kier molecular flexibility index (Phi) is 7.53. The predicted molar refractivity (Wildman–Crippen MR) is 96.7 cm³/mol. The van der Waals surface area contributed by atoms with Crippen molar-refractivity contribution >= 4 is 41.2 Å². The summed E-state index contributed by atoms with van der Waals surface area (Å²) in [5.41, 5.74) is 0.491. The van der Waals surface area contributed by atoms with Gasteiger partial charge in [0.2, 0.25) is 0 Å². The van der Waals surface area contributed by atoms with Crippen LogP contribution >= 0.6 is 23.2 Å². The molecule has 0 aliphatic carbocycles. The molecule has 0 atom stereocenters. The number of halogens is 2. The van der Waals surface area contributed by atoms with E-state index in [2.05, 4.69) is 10.1 Å². The van der Waals surface area contributed by atoms with E-state index in [4.69, 9.17) is 27.9 Å². The molecule has 0 spiro atoms. The number of hydrogen-bond donors (Lipinski definition) is 1. The lowest BCUT2D eigenvalue weighted by Crippen LogP contribution is -2.47. The van der Waals surface area contributed by atoms with E-state index in [-0.39, 0.29) is 18.6 Å². The number of alkyl halides is 2. The van der Waals surface area contributed by atoms with Crippen LogP contribution in [0.4, 0.5) is 4.79 Å². The summed E-state index contributed by atoms with van der Waals surface area (Å²) < 4.78 is 9.65. The van der Waals surface area contributed by atoms with E-state index in [1.165, 1.54) is 12.1 Å². The average Bonchev–Trinajstić information content (AvgIpc) is 2.62. The van der Waals surface area contributed by atoms with Gasteiger partial charge in [0.15, 0.2) is 4.84 Å². The second-order valence-corrected chi connectivity index (χ2v) is 6.78. The molecule has 0 radical (unpaired) electrons. The Balaban J connectivity index is 1.86. The number of likely N-dealkylation sites (tertiary alicyclic amines) is 1. The van der Waals surface area contributed by atoms with Gasteiger partial charge in [0.05, 0.1) is 6.61 Å². The molecule has 1 aliphatic rings. The zero-order valence-corrected chi connectivity index (χ0v) is 15.8. The van der Waals surface area contributed by atoms with Gasteiger partial charge in [-0.15, -0.1) is 0 Å². The second-order valence-electron chi connectivity index (χ2n) is 5.69. The first-order valence-corrected chi connectivity index (χ1v) is 9.10. The summed E-state index contributed by atoms with van der Waals surface area (Å²) >= 11 is 11.0.